The Kier molecular flexibility index (Phi) is 6.67. The topological polar surface area (TPSA) is 75.6 Å². The summed E-state index contributed by atoms with van der Waals surface area (Å²) < 4.78 is 6.39. The van der Waals surface area contributed by atoms with Gasteiger partial charge < -0.3 is 4.42 Å². The van der Waals surface area contributed by atoms with Gasteiger partial charge in [-0.1, -0.05) is 121 Å². The normalized spacial score (nSPS) is 11.1. The quantitative estimate of drug-likeness (QED) is 0.199. The number of hydrogen-bond acceptors (Lipinski definition) is 5. The Hall–Kier alpha value is -6.38. The van der Waals surface area contributed by atoms with Gasteiger partial charge in [-0.15, -0.1) is 0 Å². The standard InChI is InChI=1S/C41H26N4O/c1-26-15-16-32(25-42)35(23-26)28-17-19-30(20-18-28)40-43-39(29-11-6-3-7-12-29)44-41(45-40)31-21-22-34-37(24-31)46-36-14-8-13-33(38(34)36)27-9-4-2-5-10-27/h2-24H,1H3. The Bertz CT molecular complexity index is 2420. The second-order valence-corrected chi connectivity index (χ2v) is 11.3. The molecular formula is C41H26N4O. The van der Waals surface area contributed by atoms with E-state index in [0.29, 0.717) is 23.0 Å². The molecule has 0 aliphatic heterocycles. The number of aromatic nitrogens is 3. The molecule has 216 valence electrons. The largest absolute Gasteiger partial charge is 0.456 e. The van der Waals surface area contributed by atoms with Crippen LogP contribution in [-0.4, -0.2) is 15.0 Å². The van der Waals surface area contributed by atoms with Crippen molar-refractivity contribution >= 4 is 21.9 Å². The fourth-order valence-corrected chi connectivity index (χ4v) is 5.97. The minimum atomic E-state index is 0.559. The summed E-state index contributed by atoms with van der Waals surface area (Å²) in [6.45, 7) is 2.03. The minimum absolute atomic E-state index is 0.559. The minimum Gasteiger partial charge on any atom is -0.456 e. The van der Waals surface area contributed by atoms with E-state index in [-0.39, 0.29) is 0 Å². The molecular weight excluding hydrogens is 564 g/mol. The van der Waals surface area contributed by atoms with Crippen LogP contribution in [0.5, 0.6) is 0 Å². The van der Waals surface area contributed by atoms with E-state index in [1.165, 1.54) is 0 Å². The first-order valence-electron chi connectivity index (χ1n) is 15.1. The first-order valence-corrected chi connectivity index (χ1v) is 15.1. The number of rotatable bonds is 5. The molecule has 0 saturated carbocycles. The van der Waals surface area contributed by atoms with Crippen LogP contribution < -0.4 is 0 Å². The van der Waals surface area contributed by atoms with Gasteiger partial charge in [-0.25, -0.2) is 15.0 Å². The molecule has 2 heterocycles. The van der Waals surface area contributed by atoms with Gasteiger partial charge in [-0.3, -0.25) is 0 Å². The molecule has 8 rings (SSSR count). The van der Waals surface area contributed by atoms with E-state index in [9.17, 15) is 5.26 Å². The van der Waals surface area contributed by atoms with Gasteiger partial charge in [0.1, 0.15) is 11.2 Å². The number of hydrogen-bond donors (Lipinski definition) is 0. The SMILES string of the molecule is Cc1ccc(C#N)c(-c2ccc(-c3nc(-c4ccccc4)nc(-c4ccc5c(c4)oc4cccc(-c6ccccc6)c45)n3)cc2)c1. The van der Waals surface area contributed by atoms with Crippen molar-refractivity contribution in [3.05, 3.63) is 151 Å². The van der Waals surface area contributed by atoms with Crippen molar-refractivity contribution in [1.29, 1.82) is 5.26 Å². The Morgan fingerprint density at radius 3 is 1.78 bits per heavy atom. The van der Waals surface area contributed by atoms with Gasteiger partial charge in [0.15, 0.2) is 17.5 Å². The van der Waals surface area contributed by atoms with Crippen molar-refractivity contribution in [2.24, 2.45) is 0 Å². The van der Waals surface area contributed by atoms with Gasteiger partial charge >= 0.3 is 0 Å². The molecule has 0 aliphatic carbocycles. The van der Waals surface area contributed by atoms with E-state index in [1.54, 1.807) is 0 Å². The Labute approximate surface area is 266 Å². The molecule has 2 aromatic heterocycles. The van der Waals surface area contributed by atoms with E-state index < -0.39 is 0 Å². The molecule has 0 N–H and O–H groups in total. The van der Waals surface area contributed by atoms with Crippen LogP contribution in [0, 0.1) is 18.3 Å². The molecule has 5 heteroatoms. The lowest BCUT2D eigenvalue weighted by molar-refractivity contribution is 0.669. The van der Waals surface area contributed by atoms with Crippen molar-refractivity contribution in [2.45, 2.75) is 6.92 Å². The van der Waals surface area contributed by atoms with Crippen LogP contribution in [0.3, 0.4) is 0 Å². The summed E-state index contributed by atoms with van der Waals surface area (Å²) in [4.78, 5) is 14.8. The lowest BCUT2D eigenvalue weighted by Crippen LogP contribution is -2.00. The highest BCUT2D eigenvalue weighted by atomic mass is 16.3. The summed E-state index contributed by atoms with van der Waals surface area (Å²) in [6, 6.07) is 48.9. The van der Waals surface area contributed by atoms with Crippen molar-refractivity contribution in [1.82, 2.24) is 15.0 Å². The van der Waals surface area contributed by atoms with Crippen molar-refractivity contribution < 1.29 is 4.42 Å². The lowest BCUT2D eigenvalue weighted by Gasteiger charge is -2.10. The fourth-order valence-electron chi connectivity index (χ4n) is 5.97. The molecule has 8 aromatic rings. The van der Waals surface area contributed by atoms with Gasteiger partial charge in [0.05, 0.1) is 11.6 Å². The zero-order chi connectivity index (χ0) is 31.0. The highest BCUT2D eigenvalue weighted by Gasteiger charge is 2.17. The van der Waals surface area contributed by atoms with Gasteiger partial charge in [0.25, 0.3) is 0 Å². The maximum Gasteiger partial charge on any atom is 0.164 e. The molecule has 0 fully saturated rings. The van der Waals surface area contributed by atoms with Crippen molar-refractivity contribution in [2.75, 3.05) is 0 Å². The molecule has 0 radical (unpaired) electrons. The maximum absolute atomic E-state index is 9.67. The molecule has 5 nitrogen and oxygen atoms in total. The summed E-state index contributed by atoms with van der Waals surface area (Å²) in [5.41, 5.74) is 10.1. The maximum atomic E-state index is 9.67. The Morgan fingerprint density at radius 2 is 1.09 bits per heavy atom. The molecule has 0 bridgehead atoms. The second-order valence-electron chi connectivity index (χ2n) is 11.3. The third-order valence-corrected chi connectivity index (χ3v) is 8.26. The van der Waals surface area contributed by atoms with Crippen LogP contribution in [0.15, 0.2) is 144 Å². The highest BCUT2D eigenvalue weighted by molar-refractivity contribution is 6.13. The van der Waals surface area contributed by atoms with Gasteiger partial charge in [0.2, 0.25) is 0 Å². The summed E-state index contributed by atoms with van der Waals surface area (Å²) in [6.07, 6.45) is 0. The Morgan fingerprint density at radius 1 is 0.500 bits per heavy atom. The highest BCUT2D eigenvalue weighted by Crippen LogP contribution is 2.38. The number of furan rings is 1. The predicted octanol–water partition coefficient (Wildman–Crippen LogP) is 10.3. The monoisotopic (exact) mass is 590 g/mol. The van der Waals surface area contributed by atoms with Crippen LogP contribution in [0.25, 0.3) is 78.4 Å². The van der Waals surface area contributed by atoms with Gasteiger partial charge in [0, 0.05) is 27.5 Å². The molecule has 0 spiro atoms. The van der Waals surface area contributed by atoms with Crippen LogP contribution >= 0.6 is 0 Å². The van der Waals surface area contributed by atoms with Crippen LogP contribution in [0.1, 0.15) is 11.1 Å². The number of benzene rings is 6. The molecule has 0 aliphatic rings. The fraction of sp³-hybridized carbons (Fsp3) is 0.0244. The van der Waals surface area contributed by atoms with Crippen LogP contribution in [0.4, 0.5) is 0 Å². The zero-order valence-corrected chi connectivity index (χ0v) is 25.0. The summed E-state index contributed by atoms with van der Waals surface area (Å²) in [5.74, 6) is 1.71. The summed E-state index contributed by atoms with van der Waals surface area (Å²) in [5, 5.41) is 11.8. The van der Waals surface area contributed by atoms with Crippen molar-refractivity contribution in [3.63, 3.8) is 0 Å². The summed E-state index contributed by atoms with van der Waals surface area (Å²) >= 11 is 0. The molecule has 0 unspecified atom stereocenters. The molecule has 0 atom stereocenters. The first-order chi connectivity index (χ1) is 22.6. The number of nitriles is 1. The van der Waals surface area contributed by atoms with E-state index in [2.05, 4.69) is 48.5 Å². The molecule has 0 saturated heterocycles. The van der Waals surface area contributed by atoms with E-state index in [1.807, 2.05) is 104 Å². The average molecular weight is 591 g/mol. The lowest BCUT2D eigenvalue weighted by atomic mass is 9.97. The predicted molar refractivity (Wildman–Crippen MR) is 184 cm³/mol. The summed E-state index contributed by atoms with van der Waals surface area (Å²) in [7, 11) is 0. The molecule has 6 aromatic carbocycles. The average Bonchev–Trinajstić information content (AvgIpc) is 3.50. The third kappa shape index (κ3) is 4.89. The molecule has 46 heavy (non-hydrogen) atoms. The number of nitrogens with zero attached hydrogens (tertiary/aromatic N) is 4. The smallest absolute Gasteiger partial charge is 0.164 e. The van der Waals surface area contributed by atoms with Crippen LogP contribution in [-0.2, 0) is 0 Å². The van der Waals surface area contributed by atoms with E-state index in [0.717, 1.165) is 66.4 Å². The zero-order valence-electron chi connectivity index (χ0n) is 25.0. The number of fused-ring (bicyclic) bond motifs is 3. The van der Waals surface area contributed by atoms with E-state index in [4.69, 9.17) is 19.4 Å². The third-order valence-electron chi connectivity index (χ3n) is 8.26. The van der Waals surface area contributed by atoms with Crippen molar-refractivity contribution in [3.8, 4) is 62.5 Å². The second kappa shape index (κ2) is 11.3. The number of aryl methyl sites for hydroxylation is 1. The molecule has 0 amide bonds. The van der Waals surface area contributed by atoms with E-state index >= 15 is 0 Å². The van der Waals surface area contributed by atoms with Gasteiger partial charge in [-0.05, 0) is 53.4 Å². The van der Waals surface area contributed by atoms with Crippen LogP contribution in [0.2, 0.25) is 0 Å². The Balaban J connectivity index is 1.25. The van der Waals surface area contributed by atoms with Gasteiger partial charge in [-0.2, -0.15) is 5.26 Å². The first kappa shape index (κ1) is 27.2.